The topological polar surface area (TPSA) is 63.8 Å². The molecule has 0 aliphatic carbocycles. The summed E-state index contributed by atoms with van der Waals surface area (Å²) >= 11 is 0. The van der Waals surface area contributed by atoms with E-state index in [0.29, 0.717) is 12.2 Å². The molecule has 0 unspecified atom stereocenters. The maximum atomic E-state index is 11.2. The SMILES string of the molecule is CON=C(C(=O)O)c1cccn1Cc1ccccc1C. The molecule has 0 saturated heterocycles. The minimum absolute atomic E-state index is 0.105. The Morgan fingerprint density at radius 3 is 2.70 bits per heavy atom. The van der Waals surface area contributed by atoms with Gasteiger partial charge < -0.3 is 14.5 Å². The van der Waals surface area contributed by atoms with Crippen LogP contribution in [0.5, 0.6) is 0 Å². The van der Waals surface area contributed by atoms with E-state index in [-0.39, 0.29) is 5.71 Å². The molecule has 104 valence electrons. The number of nitrogens with zero attached hydrogens (tertiary/aromatic N) is 2. The first kappa shape index (κ1) is 13.9. The van der Waals surface area contributed by atoms with E-state index >= 15 is 0 Å². The second-order valence-electron chi connectivity index (χ2n) is 4.38. The summed E-state index contributed by atoms with van der Waals surface area (Å²) in [4.78, 5) is 15.8. The minimum Gasteiger partial charge on any atom is -0.476 e. The third-order valence-corrected chi connectivity index (χ3v) is 3.06. The Hall–Kier alpha value is -2.56. The molecule has 0 aliphatic rings. The van der Waals surface area contributed by atoms with Crippen molar-refractivity contribution in [1.82, 2.24) is 4.57 Å². The van der Waals surface area contributed by atoms with Crippen LogP contribution < -0.4 is 0 Å². The Morgan fingerprint density at radius 1 is 1.30 bits per heavy atom. The van der Waals surface area contributed by atoms with Crippen LogP contribution in [-0.4, -0.2) is 28.5 Å². The maximum absolute atomic E-state index is 11.2. The van der Waals surface area contributed by atoms with Gasteiger partial charge in [-0.25, -0.2) is 4.79 Å². The number of carbonyl (C=O) groups is 1. The normalized spacial score (nSPS) is 11.4. The molecule has 1 aromatic heterocycles. The summed E-state index contributed by atoms with van der Waals surface area (Å²) in [7, 11) is 1.33. The quantitative estimate of drug-likeness (QED) is 0.671. The van der Waals surface area contributed by atoms with E-state index in [9.17, 15) is 9.90 Å². The number of hydrogen-bond donors (Lipinski definition) is 1. The van der Waals surface area contributed by atoms with Crippen LogP contribution in [0.25, 0.3) is 0 Å². The first-order valence-corrected chi connectivity index (χ1v) is 6.18. The number of oxime groups is 1. The van der Waals surface area contributed by atoms with Crippen LogP contribution in [0, 0.1) is 6.92 Å². The van der Waals surface area contributed by atoms with Crippen LogP contribution in [0.15, 0.2) is 47.8 Å². The maximum Gasteiger partial charge on any atom is 0.360 e. The first-order chi connectivity index (χ1) is 9.63. The molecule has 0 radical (unpaired) electrons. The van der Waals surface area contributed by atoms with E-state index in [2.05, 4.69) is 9.99 Å². The molecule has 5 heteroatoms. The van der Waals surface area contributed by atoms with Gasteiger partial charge in [-0.2, -0.15) is 0 Å². The van der Waals surface area contributed by atoms with E-state index < -0.39 is 5.97 Å². The van der Waals surface area contributed by atoms with Crippen molar-refractivity contribution in [3.05, 3.63) is 59.4 Å². The van der Waals surface area contributed by atoms with Crippen molar-refractivity contribution in [1.29, 1.82) is 0 Å². The molecule has 1 N–H and O–H groups in total. The summed E-state index contributed by atoms with van der Waals surface area (Å²) in [6.07, 6.45) is 1.83. The lowest BCUT2D eigenvalue weighted by molar-refractivity contribution is -0.129. The minimum atomic E-state index is -1.11. The molecule has 2 aromatic rings. The van der Waals surface area contributed by atoms with E-state index in [1.54, 1.807) is 12.1 Å². The van der Waals surface area contributed by atoms with Gasteiger partial charge in [0.2, 0.25) is 5.71 Å². The highest BCUT2D eigenvalue weighted by Crippen LogP contribution is 2.13. The number of aliphatic carboxylic acids is 1. The third-order valence-electron chi connectivity index (χ3n) is 3.06. The third kappa shape index (κ3) is 2.88. The van der Waals surface area contributed by atoms with Crippen molar-refractivity contribution in [3.63, 3.8) is 0 Å². The van der Waals surface area contributed by atoms with E-state index in [1.165, 1.54) is 7.11 Å². The Labute approximate surface area is 117 Å². The van der Waals surface area contributed by atoms with Gasteiger partial charge >= 0.3 is 5.97 Å². The summed E-state index contributed by atoms with van der Waals surface area (Å²) in [6, 6.07) is 11.5. The lowest BCUT2D eigenvalue weighted by Gasteiger charge is -2.11. The monoisotopic (exact) mass is 272 g/mol. The summed E-state index contributed by atoms with van der Waals surface area (Å²) in [5.74, 6) is -1.11. The largest absolute Gasteiger partial charge is 0.476 e. The zero-order chi connectivity index (χ0) is 14.5. The van der Waals surface area contributed by atoms with Gasteiger partial charge in [-0.1, -0.05) is 29.4 Å². The number of aryl methyl sites for hydroxylation is 1. The molecule has 0 spiro atoms. The molecule has 0 fully saturated rings. The van der Waals surface area contributed by atoms with Gasteiger partial charge in [0.05, 0.1) is 5.69 Å². The Kier molecular flexibility index (Phi) is 4.20. The van der Waals surface area contributed by atoms with Crippen molar-refractivity contribution < 1.29 is 14.7 Å². The van der Waals surface area contributed by atoms with Crippen LogP contribution >= 0.6 is 0 Å². The number of aromatic nitrogens is 1. The van der Waals surface area contributed by atoms with Crippen LogP contribution in [0.3, 0.4) is 0 Å². The predicted octanol–water partition coefficient (Wildman–Crippen LogP) is 2.28. The fourth-order valence-corrected chi connectivity index (χ4v) is 2.02. The fourth-order valence-electron chi connectivity index (χ4n) is 2.02. The fraction of sp³-hybridized carbons (Fsp3) is 0.200. The number of hydrogen-bond acceptors (Lipinski definition) is 3. The van der Waals surface area contributed by atoms with Crippen molar-refractivity contribution in [3.8, 4) is 0 Å². The number of benzene rings is 1. The highest BCUT2D eigenvalue weighted by molar-refractivity contribution is 6.41. The molecule has 0 amide bonds. The smallest absolute Gasteiger partial charge is 0.360 e. The lowest BCUT2D eigenvalue weighted by Crippen LogP contribution is -2.19. The first-order valence-electron chi connectivity index (χ1n) is 6.18. The van der Waals surface area contributed by atoms with Crippen LogP contribution in [0.4, 0.5) is 0 Å². The average molecular weight is 272 g/mol. The summed E-state index contributed by atoms with van der Waals surface area (Å²) in [5, 5.41) is 12.8. The van der Waals surface area contributed by atoms with Crippen molar-refractivity contribution in [2.75, 3.05) is 7.11 Å². The molecule has 1 aromatic carbocycles. The Morgan fingerprint density at radius 2 is 2.05 bits per heavy atom. The highest BCUT2D eigenvalue weighted by Gasteiger charge is 2.17. The number of rotatable bonds is 5. The van der Waals surface area contributed by atoms with E-state index in [4.69, 9.17) is 0 Å². The molecular weight excluding hydrogens is 256 g/mol. The van der Waals surface area contributed by atoms with E-state index in [1.807, 2.05) is 42.0 Å². The molecule has 0 atom stereocenters. The molecule has 0 aliphatic heterocycles. The standard InChI is InChI=1S/C15H16N2O3/c1-11-6-3-4-7-12(11)10-17-9-5-8-13(17)14(15(18)19)16-20-2/h3-9H,10H2,1-2H3,(H,18,19). The summed E-state index contributed by atoms with van der Waals surface area (Å²) in [6.45, 7) is 2.62. The lowest BCUT2D eigenvalue weighted by atomic mass is 10.1. The van der Waals surface area contributed by atoms with Gasteiger partial charge in [0.15, 0.2) is 0 Å². The van der Waals surface area contributed by atoms with Crippen molar-refractivity contribution >= 4 is 11.7 Å². The Bertz CT molecular complexity index is 644. The van der Waals surface area contributed by atoms with Gasteiger partial charge in [0.25, 0.3) is 0 Å². The second kappa shape index (κ2) is 6.06. The van der Waals surface area contributed by atoms with Gasteiger partial charge in [0.1, 0.15) is 7.11 Å². The van der Waals surface area contributed by atoms with Crippen molar-refractivity contribution in [2.45, 2.75) is 13.5 Å². The average Bonchev–Trinajstić information content (AvgIpc) is 2.86. The Balaban J connectivity index is 2.36. The van der Waals surface area contributed by atoms with Gasteiger partial charge in [0, 0.05) is 12.7 Å². The molecule has 2 rings (SSSR count). The molecule has 20 heavy (non-hydrogen) atoms. The molecule has 5 nitrogen and oxygen atoms in total. The summed E-state index contributed by atoms with van der Waals surface area (Å²) in [5.41, 5.74) is 2.70. The van der Waals surface area contributed by atoms with Gasteiger partial charge in [-0.3, -0.25) is 0 Å². The zero-order valence-corrected chi connectivity index (χ0v) is 11.4. The molecule has 1 heterocycles. The van der Waals surface area contributed by atoms with Gasteiger partial charge in [-0.15, -0.1) is 0 Å². The molecule has 0 bridgehead atoms. The number of carboxylic acids is 1. The molecular formula is C15H16N2O3. The van der Waals surface area contributed by atoms with Crippen LogP contribution in [-0.2, 0) is 16.2 Å². The predicted molar refractivity (Wildman–Crippen MR) is 75.9 cm³/mol. The van der Waals surface area contributed by atoms with Crippen molar-refractivity contribution in [2.24, 2.45) is 5.16 Å². The summed E-state index contributed by atoms with van der Waals surface area (Å²) < 4.78 is 1.84. The highest BCUT2D eigenvalue weighted by atomic mass is 16.6. The van der Waals surface area contributed by atoms with Gasteiger partial charge in [-0.05, 0) is 30.2 Å². The number of carboxylic acid groups (broad SMARTS) is 1. The second-order valence-corrected chi connectivity index (χ2v) is 4.38. The van der Waals surface area contributed by atoms with Crippen LogP contribution in [0.1, 0.15) is 16.8 Å². The zero-order valence-electron chi connectivity index (χ0n) is 11.4. The van der Waals surface area contributed by atoms with E-state index in [0.717, 1.165) is 11.1 Å². The van der Waals surface area contributed by atoms with Crippen LogP contribution in [0.2, 0.25) is 0 Å². The molecule has 0 saturated carbocycles.